The number of nitrogens with zero attached hydrogens (tertiary/aromatic N) is 1. The Hall–Kier alpha value is -2.57. The third-order valence-corrected chi connectivity index (χ3v) is 9.16. The summed E-state index contributed by atoms with van der Waals surface area (Å²) >= 11 is 0. The van der Waals surface area contributed by atoms with Gasteiger partial charge in [-0.3, -0.25) is 4.79 Å². The van der Waals surface area contributed by atoms with Crippen LogP contribution in [0.5, 0.6) is 0 Å². The van der Waals surface area contributed by atoms with Gasteiger partial charge in [-0.2, -0.15) is 0 Å². The Kier molecular flexibility index (Phi) is 5.27. The summed E-state index contributed by atoms with van der Waals surface area (Å²) in [6.07, 6.45) is 2.21. The van der Waals surface area contributed by atoms with Crippen LogP contribution < -0.4 is 15.9 Å². The molecule has 0 spiro atoms. The monoisotopic (exact) mass is 373 g/mol. The molecule has 0 aromatic heterocycles. The minimum absolute atomic E-state index is 0.164. The molecule has 0 bridgehead atoms. The predicted octanol–water partition coefficient (Wildman–Crippen LogP) is 3.41. The van der Waals surface area contributed by atoms with Gasteiger partial charge in [-0.1, -0.05) is 91.0 Å². The van der Waals surface area contributed by atoms with Gasteiger partial charge < -0.3 is 4.90 Å². The average molecular weight is 373 g/mol. The average Bonchev–Trinajstić information content (AvgIpc) is 3.29. The third kappa shape index (κ3) is 3.50. The summed E-state index contributed by atoms with van der Waals surface area (Å²) in [6.45, 7) is -0.441. The van der Waals surface area contributed by atoms with E-state index in [9.17, 15) is 4.79 Å². The number of carbonyl (C=O) groups is 1. The Morgan fingerprint density at radius 1 is 0.667 bits per heavy atom. The Bertz CT molecular complexity index is 842. The van der Waals surface area contributed by atoms with Crippen molar-refractivity contribution in [2.45, 2.75) is 12.8 Å². The van der Waals surface area contributed by atoms with E-state index in [1.165, 1.54) is 15.9 Å². The SMILES string of the molecule is O=C(C=P(c1ccccc1)(c1ccccc1)c1ccccc1)N1CCCC1. The first-order valence-electron chi connectivity index (χ1n) is 9.51. The van der Waals surface area contributed by atoms with Gasteiger partial charge in [0.2, 0.25) is 5.91 Å². The van der Waals surface area contributed by atoms with Crippen molar-refractivity contribution in [2.75, 3.05) is 13.1 Å². The van der Waals surface area contributed by atoms with Crippen LogP contribution in [0.1, 0.15) is 12.8 Å². The van der Waals surface area contributed by atoms with E-state index in [2.05, 4.69) is 72.8 Å². The lowest BCUT2D eigenvalue weighted by Gasteiger charge is -2.29. The molecule has 0 atom stereocenters. The van der Waals surface area contributed by atoms with Crippen molar-refractivity contribution in [1.29, 1.82) is 0 Å². The first kappa shape index (κ1) is 17.8. The number of benzene rings is 3. The topological polar surface area (TPSA) is 20.3 Å². The molecule has 1 saturated heterocycles. The Morgan fingerprint density at radius 2 is 1.04 bits per heavy atom. The molecule has 0 aliphatic carbocycles. The molecule has 0 N–H and O–H groups in total. The summed E-state index contributed by atoms with van der Waals surface area (Å²) in [7, 11) is 0. The van der Waals surface area contributed by atoms with Crippen LogP contribution in [-0.4, -0.2) is 29.7 Å². The highest BCUT2D eigenvalue weighted by Gasteiger charge is 2.28. The molecule has 27 heavy (non-hydrogen) atoms. The molecule has 4 rings (SSSR count). The Balaban J connectivity index is 2.02. The standard InChI is InChI=1S/C24H24NOP/c26-24(25-18-10-11-19-25)20-27(21-12-4-1-5-13-21,22-14-6-2-7-15-22)23-16-8-3-9-17-23/h1-9,12-17,20H,10-11,18-19H2. The van der Waals surface area contributed by atoms with Crippen molar-refractivity contribution >= 4 is 34.5 Å². The van der Waals surface area contributed by atoms with Gasteiger partial charge in [-0.15, -0.1) is 0 Å². The van der Waals surface area contributed by atoms with Crippen LogP contribution in [0.4, 0.5) is 0 Å². The highest BCUT2D eigenvalue weighted by atomic mass is 31.2. The molecular formula is C24H24NOP. The molecule has 1 aliphatic heterocycles. The van der Waals surface area contributed by atoms with Crippen LogP contribution in [0.15, 0.2) is 91.0 Å². The smallest absolute Gasteiger partial charge is 0.247 e. The maximum Gasteiger partial charge on any atom is 0.247 e. The van der Waals surface area contributed by atoms with E-state index in [0.717, 1.165) is 25.9 Å². The van der Waals surface area contributed by atoms with Gasteiger partial charge in [-0.25, -0.2) is 0 Å². The zero-order valence-corrected chi connectivity index (χ0v) is 16.3. The normalized spacial score (nSPS) is 14.1. The lowest BCUT2D eigenvalue weighted by molar-refractivity contribution is -0.122. The first-order chi connectivity index (χ1) is 13.3. The minimum atomic E-state index is -2.18. The summed E-state index contributed by atoms with van der Waals surface area (Å²) in [6, 6.07) is 31.6. The quantitative estimate of drug-likeness (QED) is 0.642. The van der Waals surface area contributed by atoms with Crippen LogP contribution in [0.25, 0.3) is 0 Å². The molecule has 3 aromatic rings. The molecular weight excluding hydrogens is 349 g/mol. The van der Waals surface area contributed by atoms with Crippen molar-refractivity contribution in [3.8, 4) is 0 Å². The zero-order valence-electron chi connectivity index (χ0n) is 15.4. The molecule has 3 heteroatoms. The summed E-state index contributed by atoms with van der Waals surface area (Å²) in [5, 5.41) is 3.65. The molecule has 1 aliphatic rings. The number of hydrogen-bond acceptors (Lipinski definition) is 1. The van der Waals surface area contributed by atoms with Crippen LogP contribution in [-0.2, 0) is 4.79 Å². The van der Waals surface area contributed by atoms with Gasteiger partial charge in [0.05, 0.1) is 0 Å². The van der Waals surface area contributed by atoms with E-state index >= 15 is 0 Å². The molecule has 2 nitrogen and oxygen atoms in total. The van der Waals surface area contributed by atoms with Gasteiger partial charge >= 0.3 is 0 Å². The second kappa shape index (κ2) is 7.98. The van der Waals surface area contributed by atoms with Crippen molar-refractivity contribution < 1.29 is 4.79 Å². The predicted molar refractivity (Wildman–Crippen MR) is 117 cm³/mol. The number of likely N-dealkylation sites (tertiary alicyclic amines) is 1. The summed E-state index contributed by atoms with van der Waals surface area (Å²) in [5.74, 6) is 2.20. The van der Waals surface area contributed by atoms with Crippen LogP contribution in [0, 0.1) is 0 Å². The molecule has 0 unspecified atom stereocenters. The largest absolute Gasteiger partial charge is 0.339 e. The number of hydrogen-bond donors (Lipinski definition) is 0. The second-order valence-corrected chi connectivity index (χ2v) is 10.1. The Labute approximate surface area is 161 Å². The van der Waals surface area contributed by atoms with Crippen molar-refractivity contribution in [1.82, 2.24) is 4.90 Å². The van der Waals surface area contributed by atoms with Gasteiger partial charge in [0, 0.05) is 18.9 Å². The zero-order chi connectivity index (χ0) is 18.5. The van der Waals surface area contributed by atoms with E-state index in [0.29, 0.717) is 0 Å². The fourth-order valence-electron chi connectivity index (χ4n) is 3.85. The molecule has 3 aromatic carbocycles. The van der Waals surface area contributed by atoms with Gasteiger partial charge in [0.1, 0.15) is 0 Å². The molecule has 136 valence electrons. The first-order valence-corrected chi connectivity index (χ1v) is 11.4. The summed E-state index contributed by atoms with van der Waals surface area (Å²) < 4.78 is 0. The van der Waals surface area contributed by atoms with E-state index in [4.69, 9.17) is 0 Å². The van der Waals surface area contributed by atoms with E-state index in [-0.39, 0.29) is 5.91 Å². The van der Waals surface area contributed by atoms with Crippen LogP contribution in [0.2, 0.25) is 0 Å². The third-order valence-electron chi connectivity index (χ3n) is 5.21. The molecule has 1 fully saturated rings. The highest BCUT2D eigenvalue weighted by molar-refractivity contribution is 7.95. The summed E-state index contributed by atoms with van der Waals surface area (Å²) in [5.41, 5.74) is 0. The fourth-order valence-corrected chi connectivity index (χ4v) is 7.61. The second-order valence-electron chi connectivity index (χ2n) is 6.89. The lowest BCUT2D eigenvalue weighted by Crippen LogP contribution is -2.34. The van der Waals surface area contributed by atoms with Crippen molar-refractivity contribution in [2.24, 2.45) is 0 Å². The Morgan fingerprint density at radius 3 is 1.41 bits per heavy atom. The van der Waals surface area contributed by atoms with Gasteiger partial charge in [-0.05, 0) is 35.6 Å². The van der Waals surface area contributed by atoms with Crippen LogP contribution >= 0.6 is 6.89 Å². The molecule has 1 heterocycles. The fraction of sp³-hybridized carbons (Fsp3) is 0.167. The highest BCUT2D eigenvalue weighted by Crippen LogP contribution is 2.43. The maximum absolute atomic E-state index is 13.3. The lowest BCUT2D eigenvalue weighted by atomic mass is 10.4. The van der Waals surface area contributed by atoms with E-state index in [1.807, 2.05) is 28.9 Å². The molecule has 1 amide bonds. The molecule has 0 saturated carbocycles. The maximum atomic E-state index is 13.3. The molecule has 0 radical (unpaired) electrons. The number of rotatable bonds is 4. The van der Waals surface area contributed by atoms with Crippen LogP contribution in [0.3, 0.4) is 0 Å². The summed E-state index contributed by atoms with van der Waals surface area (Å²) in [4.78, 5) is 15.3. The van der Waals surface area contributed by atoms with E-state index < -0.39 is 6.89 Å². The van der Waals surface area contributed by atoms with E-state index in [1.54, 1.807) is 0 Å². The number of amides is 1. The van der Waals surface area contributed by atoms with Crippen molar-refractivity contribution in [3.05, 3.63) is 91.0 Å². The van der Waals surface area contributed by atoms with Crippen molar-refractivity contribution in [3.63, 3.8) is 0 Å². The van der Waals surface area contributed by atoms with Gasteiger partial charge in [0.15, 0.2) is 0 Å². The minimum Gasteiger partial charge on any atom is -0.339 e. The number of carbonyl (C=O) groups excluding carboxylic acids is 1. The van der Waals surface area contributed by atoms with Gasteiger partial charge in [0.25, 0.3) is 0 Å².